The van der Waals surface area contributed by atoms with Crippen LogP contribution in [0.15, 0.2) is 65.5 Å². The lowest BCUT2D eigenvalue weighted by Crippen LogP contribution is -2.31. The van der Waals surface area contributed by atoms with Crippen molar-refractivity contribution in [1.29, 1.82) is 0 Å². The molecule has 0 saturated heterocycles. The number of carbonyl (C=O) groups excluding carboxylic acids is 1. The Labute approximate surface area is 159 Å². The van der Waals surface area contributed by atoms with Crippen LogP contribution in [0.1, 0.15) is 6.92 Å². The van der Waals surface area contributed by atoms with Gasteiger partial charge in [0.1, 0.15) is 5.82 Å². The van der Waals surface area contributed by atoms with Crippen LogP contribution < -0.4 is 15.6 Å². The maximum atomic E-state index is 13.1. The van der Waals surface area contributed by atoms with E-state index in [0.717, 1.165) is 4.68 Å². The molecule has 1 unspecified atom stereocenters. The highest BCUT2D eigenvalue weighted by Crippen LogP contribution is 2.15. The van der Waals surface area contributed by atoms with E-state index < -0.39 is 23.4 Å². The van der Waals surface area contributed by atoms with Gasteiger partial charge >= 0.3 is 0 Å². The highest BCUT2D eigenvalue weighted by atomic mass is 35.5. The molecular formula is C19H15ClFN3O3. The zero-order valence-electron chi connectivity index (χ0n) is 14.2. The van der Waals surface area contributed by atoms with Crippen molar-refractivity contribution in [2.45, 2.75) is 13.0 Å². The predicted molar refractivity (Wildman–Crippen MR) is 100.0 cm³/mol. The van der Waals surface area contributed by atoms with Crippen molar-refractivity contribution in [3.8, 4) is 11.6 Å². The van der Waals surface area contributed by atoms with Gasteiger partial charge in [-0.15, -0.1) is 5.10 Å². The molecule has 138 valence electrons. The highest BCUT2D eigenvalue weighted by molar-refractivity contribution is 6.30. The van der Waals surface area contributed by atoms with E-state index in [4.69, 9.17) is 16.3 Å². The lowest BCUT2D eigenvalue weighted by atomic mass is 10.3. The molecule has 8 heteroatoms. The Kier molecular flexibility index (Phi) is 5.52. The summed E-state index contributed by atoms with van der Waals surface area (Å²) in [6.45, 7) is 1.56. The minimum absolute atomic E-state index is 0.0812. The average molecular weight is 388 g/mol. The fraction of sp³-hybridized carbons (Fsp3) is 0.105. The Morgan fingerprint density at radius 3 is 2.44 bits per heavy atom. The molecule has 1 aromatic heterocycles. The molecule has 1 heterocycles. The first kappa shape index (κ1) is 18.6. The fourth-order valence-corrected chi connectivity index (χ4v) is 2.36. The molecule has 0 aliphatic heterocycles. The van der Waals surface area contributed by atoms with E-state index in [-0.39, 0.29) is 5.88 Å². The van der Waals surface area contributed by atoms with Gasteiger partial charge in [0.05, 0.1) is 5.69 Å². The van der Waals surface area contributed by atoms with Crippen LogP contribution in [0.5, 0.6) is 5.88 Å². The Balaban J connectivity index is 1.74. The van der Waals surface area contributed by atoms with E-state index >= 15 is 0 Å². The monoisotopic (exact) mass is 387 g/mol. The highest BCUT2D eigenvalue weighted by Gasteiger charge is 2.16. The van der Waals surface area contributed by atoms with Crippen molar-refractivity contribution in [3.63, 3.8) is 0 Å². The van der Waals surface area contributed by atoms with Crippen molar-refractivity contribution in [2.75, 3.05) is 5.32 Å². The molecule has 1 amide bonds. The van der Waals surface area contributed by atoms with Crippen molar-refractivity contribution in [3.05, 3.63) is 81.9 Å². The third kappa shape index (κ3) is 4.71. The summed E-state index contributed by atoms with van der Waals surface area (Å²) in [7, 11) is 0. The van der Waals surface area contributed by atoms with Gasteiger partial charge in [-0.05, 0) is 55.5 Å². The van der Waals surface area contributed by atoms with Crippen LogP contribution in [0.2, 0.25) is 5.02 Å². The second kappa shape index (κ2) is 8.01. The largest absolute Gasteiger partial charge is 0.463 e. The summed E-state index contributed by atoms with van der Waals surface area (Å²) in [6, 6.07) is 14.6. The number of nitrogens with one attached hydrogen (secondary N) is 1. The Bertz CT molecular complexity index is 1000. The SMILES string of the molecule is CC(Oc1ccc(=O)n(-c2ccc(F)cc2)n1)C(=O)Nc1ccc(Cl)cc1. The molecule has 2 aromatic carbocycles. The molecule has 3 rings (SSSR count). The number of hydrogen-bond donors (Lipinski definition) is 1. The second-order valence-electron chi connectivity index (χ2n) is 5.65. The summed E-state index contributed by atoms with van der Waals surface area (Å²) in [4.78, 5) is 24.3. The van der Waals surface area contributed by atoms with Gasteiger partial charge < -0.3 is 10.1 Å². The van der Waals surface area contributed by atoms with Crippen molar-refractivity contribution >= 4 is 23.2 Å². The van der Waals surface area contributed by atoms with E-state index in [2.05, 4.69) is 10.4 Å². The molecule has 0 aliphatic rings. The van der Waals surface area contributed by atoms with Crippen LogP contribution in [0.25, 0.3) is 5.69 Å². The molecule has 1 atom stereocenters. The van der Waals surface area contributed by atoms with Gasteiger partial charge in [-0.25, -0.2) is 4.39 Å². The van der Waals surface area contributed by atoms with Crippen molar-refractivity contribution < 1.29 is 13.9 Å². The predicted octanol–water partition coefficient (Wildman–Crippen LogP) is 3.43. The standard InChI is InChI=1S/C19H15ClFN3O3/c1-12(19(26)22-15-6-2-13(20)3-7-15)27-17-10-11-18(25)24(23-17)16-8-4-14(21)5-9-16/h2-12H,1H3,(H,22,26). The molecule has 0 saturated carbocycles. The number of carbonyl (C=O) groups is 1. The van der Waals surface area contributed by atoms with Gasteiger partial charge in [0.25, 0.3) is 11.5 Å². The average Bonchev–Trinajstić information content (AvgIpc) is 2.66. The van der Waals surface area contributed by atoms with Gasteiger partial charge in [-0.3, -0.25) is 9.59 Å². The van der Waals surface area contributed by atoms with Crippen LogP contribution in [-0.4, -0.2) is 21.8 Å². The first-order valence-electron chi connectivity index (χ1n) is 8.02. The van der Waals surface area contributed by atoms with E-state index in [1.54, 1.807) is 31.2 Å². The Morgan fingerprint density at radius 2 is 1.78 bits per heavy atom. The third-order valence-corrected chi connectivity index (χ3v) is 3.88. The maximum absolute atomic E-state index is 13.1. The molecule has 0 aliphatic carbocycles. The van der Waals surface area contributed by atoms with Crippen LogP contribution in [0, 0.1) is 5.82 Å². The molecule has 1 N–H and O–H groups in total. The lowest BCUT2D eigenvalue weighted by molar-refractivity contribution is -0.122. The number of benzene rings is 2. The molecular weight excluding hydrogens is 373 g/mol. The molecule has 0 bridgehead atoms. The minimum Gasteiger partial charge on any atom is -0.463 e. The van der Waals surface area contributed by atoms with Crippen LogP contribution >= 0.6 is 11.6 Å². The molecule has 27 heavy (non-hydrogen) atoms. The summed E-state index contributed by atoms with van der Waals surface area (Å²) < 4.78 is 19.7. The fourth-order valence-electron chi connectivity index (χ4n) is 2.24. The number of rotatable bonds is 5. The van der Waals surface area contributed by atoms with Crippen LogP contribution in [0.4, 0.5) is 10.1 Å². The number of nitrogens with zero attached hydrogens (tertiary/aromatic N) is 2. The normalized spacial score (nSPS) is 11.7. The van der Waals surface area contributed by atoms with Crippen LogP contribution in [-0.2, 0) is 4.79 Å². The molecule has 3 aromatic rings. The first-order chi connectivity index (χ1) is 12.9. The number of amides is 1. The summed E-state index contributed by atoms with van der Waals surface area (Å²) in [5, 5.41) is 7.33. The topological polar surface area (TPSA) is 73.2 Å². The van der Waals surface area contributed by atoms with Gasteiger partial charge in [0.15, 0.2) is 6.10 Å². The van der Waals surface area contributed by atoms with Crippen molar-refractivity contribution in [1.82, 2.24) is 9.78 Å². The van der Waals surface area contributed by atoms with Crippen LogP contribution in [0.3, 0.4) is 0 Å². The molecule has 0 fully saturated rings. The molecule has 0 spiro atoms. The number of aromatic nitrogens is 2. The Morgan fingerprint density at radius 1 is 1.11 bits per heavy atom. The Hall–Kier alpha value is -3.19. The zero-order valence-corrected chi connectivity index (χ0v) is 15.0. The number of anilines is 1. The van der Waals surface area contributed by atoms with Gasteiger partial charge in [-0.1, -0.05) is 11.6 Å². The second-order valence-corrected chi connectivity index (χ2v) is 6.09. The number of ether oxygens (including phenoxy) is 1. The third-order valence-electron chi connectivity index (χ3n) is 3.63. The zero-order chi connectivity index (χ0) is 19.4. The number of hydrogen-bond acceptors (Lipinski definition) is 4. The van der Waals surface area contributed by atoms with E-state index in [1.165, 1.54) is 36.4 Å². The van der Waals surface area contributed by atoms with E-state index in [9.17, 15) is 14.0 Å². The quantitative estimate of drug-likeness (QED) is 0.728. The summed E-state index contributed by atoms with van der Waals surface area (Å²) >= 11 is 5.81. The summed E-state index contributed by atoms with van der Waals surface area (Å²) in [6.07, 6.45) is -0.868. The smallest absolute Gasteiger partial charge is 0.271 e. The minimum atomic E-state index is -0.868. The maximum Gasteiger partial charge on any atom is 0.271 e. The molecule has 6 nitrogen and oxygen atoms in total. The van der Waals surface area contributed by atoms with Gasteiger partial charge in [-0.2, -0.15) is 4.68 Å². The summed E-state index contributed by atoms with van der Waals surface area (Å²) in [5.74, 6) is -0.733. The summed E-state index contributed by atoms with van der Waals surface area (Å²) in [5.41, 5.74) is 0.543. The lowest BCUT2D eigenvalue weighted by Gasteiger charge is -2.15. The first-order valence-corrected chi connectivity index (χ1v) is 8.39. The van der Waals surface area contributed by atoms with E-state index in [1.807, 2.05) is 0 Å². The van der Waals surface area contributed by atoms with E-state index in [0.29, 0.717) is 16.4 Å². The van der Waals surface area contributed by atoms with Crippen molar-refractivity contribution in [2.24, 2.45) is 0 Å². The molecule has 0 radical (unpaired) electrons. The van der Waals surface area contributed by atoms with Gasteiger partial charge in [0.2, 0.25) is 5.88 Å². The van der Waals surface area contributed by atoms with Gasteiger partial charge in [0, 0.05) is 22.8 Å². The number of halogens is 2.